The second-order valence-electron chi connectivity index (χ2n) is 13.0. The van der Waals surface area contributed by atoms with Crippen LogP contribution in [-0.4, -0.2) is 54.2 Å². The highest BCUT2D eigenvalue weighted by Gasteiger charge is 2.40. The molecule has 40 heavy (non-hydrogen) atoms. The molecule has 0 saturated heterocycles. The smallest absolute Gasteiger partial charge is 0.408 e. The number of alkyl halides is 2. The third-order valence-electron chi connectivity index (χ3n) is 7.34. The van der Waals surface area contributed by atoms with E-state index in [0.717, 1.165) is 24.8 Å². The number of fused-ring (bicyclic) bond motifs is 1. The Morgan fingerprint density at radius 3 is 2.45 bits per heavy atom. The van der Waals surface area contributed by atoms with Crippen molar-refractivity contribution in [1.29, 1.82) is 0 Å². The van der Waals surface area contributed by atoms with E-state index in [0.29, 0.717) is 17.9 Å². The number of nitrogens with one attached hydrogen (secondary N) is 2. The van der Waals surface area contributed by atoms with Crippen LogP contribution in [0.3, 0.4) is 0 Å². The lowest BCUT2D eigenvalue weighted by molar-refractivity contribution is -0.0500. The molecular formula is C28H43F2N5O4S. The van der Waals surface area contributed by atoms with Crippen LogP contribution in [0.5, 0.6) is 0 Å². The Bertz CT molecular complexity index is 1150. The SMILES string of the molecule is CC(C)(C)OC(=O)N[C@H](c1cn2ncc([C@@H](COC3CCC3)N[S@+]([O-])C(C)(C)C)cc2n1)C1CCC(F)(F)CC1. The van der Waals surface area contributed by atoms with Gasteiger partial charge in [0, 0.05) is 24.2 Å². The van der Waals surface area contributed by atoms with Gasteiger partial charge in [-0.1, -0.05) is 0 Å². The van der Waals surface area contributed by atoms with Crippen molar-refractivity contribution in [3.63, 3.8) is 0 Å². The minimum atomic E-state index is -2.70. The molecule has 2 aliphatic carbocycles. The molecule has 0 bridgehead atoms. The summed E-state index contributed by atoms with van der Waals surface area (Å²) in [6.07, 6.45) is 6.23. The van der Waals surface area contributed by atoms with Crippen LogP contribution < -0.4 is 10.0 Å². The number of amides is 1. The van der Waals surface area contributed by atoms with Gasteiger partial charge in [0.25, 0.3) is 0 Å². The zero-order chi connectivity index (χ0) is 29.3. The van der Waals surface area contributed by atoms with E-state index < -0.39 is 39.8 Å². The third kappa shape index (κ3) is 8.27. The maximum absolute atomic E-state index is 13.9. The van der Waals surface area contributed by atoms with Crippen LogP contribution >= 0.6 is 0 Å². The van der Waals surface area contributed by atoms with E-state index in [1.807, 2.05) is 26.8 Å². The number of alkyl carbamates (subject to hydrolysis) is 1. The van der Waals surface area contributed by atoms with Crippen LogP contribution in [0.15, 0.2) is 18.5 Å². The molecule has 3 atom stereocenters. The first-order valence-corrected chi connectivity index (χ1v) is 15.3. The fourth-order valence-corrected chi connectivity index (χ4v) is 5.60. The van der Waals surface area contributed by atoms with E-state index in [1.54, 1.807) is 37.7 Å². The molecule has 2 saturated carbocycles. The van der Waals surface area contributed by atoms with Gasteiger partial charge in [-0.25, -0.2) is 23.1 Å². The molecule has 0 spiro atoms. The summed E-state index contributed by atoms with van der Waals surface area (Å²) >= 11 is -1.34. The summed E-state index contributed by atoms with van der Waals surface area (Å²) in [5.41, 5.74) is 1.12. The molecule has 9 nitrogen and oxygen atoms in total. The normalized spacial score (nSPS) is 21.0. The molecule has 0 radical (unpaired) electrons. The average molecular weight is 584 g/mol. The molecule has 2 aromatic heterocycles. The topological polar surface area (TPSA) is 113 Å². The Labute approximate surface area is 238 Å². The molecule has 1 amide bonds. The van der Waals surface area contributed by atoms with Crippen LogP contribution in [-0.2, 0) is 20.8 Å². The van der Waals surface area contributed by atoms with Crippen molar-refractivity contribution in [2.75, 3.05) is 6.61 Å². The summed E-state index contributed by atoms with van der Waals surface area (Å²) in [5, 5.41) is 7.43. The summed E-state index contributed by atoms with van der Waals surface area (Å²) < 4.78 is 56.7. The molecule has 2 aliphatic rings. The van der Waals surface area contributed by atoms with Crippen LogP contribution in [0, 0.1) is 5.92 Å². The number of rotatable bonds is 9. The predicted octanol–water partition coefficient (Wildman–Crippen LogP) is 5.78. The van der Waals surface area contributed by atoms with Gasteiger partial charge in [0.05, 0.1) is 36.8 Å². The maximum atomic E-state index is 13.9. The Balaban J connectivity index is 1.60. The van der Waals surface area contributed by atoms with Crippen molar-refractivity contribution in [3.05, 3.63) is 29.7 Å². The lowest BCUT2D eigenvalue weighted by Gasteiger charge is -2.33. The summed E-state index contributed by atoms with van der Waals surface area (Å²) in [6.45, 7) is 11.4. The first-order valence-electron chi connectivity index (χ1n) is 14.1. The van der Waals surface area contributed by atoms with Crippen molar-refractivity contribution >= 4 is 23.1 Å². The maximum Gasteiger partial charge on any atom is 0.408 e. The molecule has 2 N–H and O–H groups in total. The molecule has 12 heteroatoms. The molecule has 0 aromatic carbocycles. The minimum Gasteiger partial charge on any atom is -0.598 e. The molecule has 4 rings (SSSR count). The van der Waals surface area contributed by atoms with E-state index in [4.69, 9.17) is 14.5 Å². The number of hydrogen-bond acceptors (Lipinski definition) is 7. The molecule has 2 aromatic rings. The van der Waals surface area contributed by atoms with Crippen LogP contribution in [0.4, 0.5) is 13.6 Å². The Hall–Kier alpha value is -2.02. The number of carbonyl (C=O) groups is 1. The quantitative estimate of drug-likeness (QED) is 0.360. The van der Waals surface area contributed by atoms with Crippen LogP contribution in [0.2, 0.25) is 0 Å². The standard InChI is InChI=1S/C28H43F2N5O4S/c1-26(2,3)39-25(36)33-24(18-10-12-28(29,30)13-11-18)21-16-35-23(32-21)14-19(15-31-35)22(17-38-20-8-7-9-20)34-40(37)27(4,5)6/h14-16,18,20,22,24,34H,7-13,17H2,1-6H3,(H,33,36)/t22-,24+,40-/m1/s1. The lowest BCUT2D eigenvalue weighted by atomic mass is 9.81. The van der Waals surface area contributed by atoms with Gasteiger partial charge in [-0.3, -0.25) is 0 Å². The molecule has 0 aliphatic heterocycles. The van der Waals surface area contributed by atoms with Crippen molar-refractivity contribution in [2.24, 2.45) is 5.92 Å². The third-order valence-corrected chi connectivity index (χ3v) is 8.95. The fraction of sp³-hybridized carbons (Fsp3) is 0.750. The minimum absolute atomic E-state index is 0.213. The van der Waals surface area contributed by atoms with Crippen LogP contribution in [0.1, 0.15) is 110 Å². The largest absolute Gasteiger partial charge is 0.598 e. The Kier molecular flexibility index (Phi) is 9.33. The summed E-state index contributed by atoms with van der Waals surface area (Å²) in [7, 11) is 0. The van der Waals surface area contributed by atoms with Gasteiger partial charge in [0.1, 0.15) is 16.4 Å². The number of halogens is 2. The van der Waals surface area contributed by atoms with Crippen molar-refractivity contribution in [3.8, 4) is 0 Å². The number of ether oxygens (including phenoxy) is 2. The van der Waals surface area contributed by atoms with Gasteiger partial charge >= 0.3 is 6.09 Å². The Morgan fingerprint density at radius 2 is 1.88 bits per heavy atom. The van der Waals surface area contributed by atoms with E-state index in [-0.39, 0.29) is 43.7 Å². The van der Waals surface area contributed by atoms with Crippen molar-refractivity contribution in [2.45, 2.75) is 121 Å². The first kappa shape index (κ1) is 30.9. The van der Waals surface area contributed by atoms with E-state index in [2.05, 4.69) is 15.1 Å². The van der Waals surface area contributed by atoms with Crippen molar-refractivity contribution < 1.29 is 27.6 Å². The molecule has 2 heterocycles. The first-order chi connectivity index (χ1) is 18.6. The number of carbonyl (C=O) groups excluding carboxylic acids is 1. The number of hydrogen-bond donors (Lipinski definition) is 2. The van der Waals surface area contributed by atoms with E-state index in [1.165, 1.54) is 0 Å². The second-order valence-corrected chi connectivity index (χ2v) is 15.0. The van der Waals surface area contributed by atoms with E-state index >= 15 is 0 Å². The van der Waals surface area contributed by atoms with Gasteiger partial charge in [0.15, 0.2) is 5.65 Å². The monoisotopic (exact) mass is 583 g/mol. The van der Waals surface area contributed by atoms with Gasteiger partial charge in [-0.05, 0) is 91.2 Å². The summed E-state index contributed by atoms with van der Waals surface area (Å²) in [4.78, 5) is 17.5. The summed E-state index contributed by atoms with van der Waals surface area (Å²) in [5.74, 6) is -2.92. The van der Waals surface area contributed by atoms with Crippen LogP contribution in [0.25, 0.3) is 5.65 Å². The van der Waals surface area contributed by atoms with Crippen molar-refractivity contribution in [1.82, 2.24) is 24.6 Å². The average Bonchev–Trinajstić information content (AvgIpc) is 3.22. The lowest BCUT2D eigenvalue weighted by Crippen LogP contribution is -2.43. The zero-order valence-corrected chi connectivity index (χ0v) is 25.2. The second kappa shape index (κ2) is 12.1. The number of imidazole rings is 1. The highest BCUT2D eigenvalue weighted by atomic mass is 32.2. The number of nitrogens with zero attached hydrogens (tertiary/aromatic N) is 3. The molecule has 0 unspecified atom stereocenters. The fourth-order valence-electron chi connectivity index (χ4n) is 4.79. The molecule has 2 fully saturated rings. The van der Waals surface area contributed by atoms with Gasteiger partial charge in [0.2, 0.25) is 5.92 Å². The van der Waals surface area contributed by atoms with Gasteiger partial charge < -0.3 is 19.3 Å². The number of aromatic nitrogens is 3. The zero-order valence-electron chi connectivity index (χ0n) is 24.3. The highest BCUT2D eigenvalue weighted by Crippen LogP contribution is 2.41. The van der Waals surface area contributed by atoms with Gasteiger partial charge in [-0.2, -0.15) is 5.10 Å². The van der Waals surface area contributed by atoms with Gasteiger partial charge in [-0.15, -0.1) is 4.72 Å². The molecular weight excluding hydrogens is 540 g/mol. The molecule has 224 valence electrons. The Morgan fingerprint density at radius 1 is 1.20 bits per heavy atom. The highest BCUT2D eigenvalue weighted by molar-refractivity contribution is 7.90. The summed E-state index contributed by atoms with van der Waals surface area (Å²) in [6, 6.07) is 0.882. The van der Waals surface area contributed by atoms with E-state index in [9.17, 15) is 18.1 Å². The predicted molar refractivity (Wildman–Crippen MR) is 149 cm³/mol.